The lowest BCUT2D eigenvalue weighted by atomic mass is 10.1. The largest absolute Gasteiger partial charge is 0.497 e. The average Bonchev–Trinajstić information content (AvgIpc) is 2.63. The molecule has 1 N–H and O–H groups in total. The molecule has 0 radical (unpaired) electrons. The first kappa shape index (κ1) is 18.6. The standard InChI is InChI=1S/C20H25NO4/c1-4-24-17-10-11-19(25-5-2)18(14-17)21-20(22)12-9-15-7-6-8-16(13-15)23-3/h6-8,10-11,13-14H,4-5,9,12H2,1-3H3,(H,21,22). The third-order valence-electron chi connectivity index (χ3n) is 3.61. The molecule has 2 aromatic rings. The van der Waals surface area contributed by atoms with Crippen LogP contribution in [-0.4, -0.2) is 26.2 Å². The lowest BCUT2D eigenvalue weighted by Gasteiger charge is -2.13. The molecule has 0 heterocycles. The summed E-state index contributed by atoms with van der Waals surface area (Å²) in [5.41, 5.74) is 1.69. The van der Waals surface area contributed by atoms with E-state index in [0.29, 0.717) is 43.2 Å². The molecule has 0 aliphatic rings. The first-order valence-corrected chi connectivity index (χ1v) is 8.48. The second-order valence-corrected chi connectivity index (χ2v) is 5.42. The van der Waals surface area contributed by atoms with Crippen LogP contribution in [0.5, 0.6) is 17.2 Å². The van der Waals surface area contributed by atoms with E-state index in [1.807, 2.05) is 50.2 Å². The molecule has 0 saturated heterocycles. The third kappa shape index (κ3) is 5.71. The van der Waals surface area contributed by atoms with Crippen LogP contribution in [0.1, 0.15) is 25.8 Å². The number of benzene rings is 2. The van der Waals surface area contributed by atoms with Crippen molar-refractivity contribution in [1.82, 2.24) is 0 Å². The third-order valence-corrected chi connectivity index (χ3v) is 3.61. The van der Waals surface area contributed by atoms with Gasteiger partial charge in [0.2, 0.25) is 5.91 Å². The Morgan fingerprint density at radius 2 is 1.80 bits per heavy atom. The normalized spacial score (nSPS) is 10.2. The van der Waals surface area contributed by atoms with Gasteiger partial charge in [-0.05, 0) is 50.1 Å². The lowest BCUT2D eigenvalue weighted by molar-refractivity contribution is -0.116. The van der Waals surface area contributed by atoms with Gasteiger partial charge in [-0.3, -0.25) is 4.79 Å². The number of aryl methyl sites for hydroxylation is 1. The number of methoxy groups -OCH3 is 1. The van der Waals surface area contributed by atoms with Gasteiger partial charge in [0.25, 0.3) is 0 Å². The molecule has 0 fully saturated rings. The Kier molecular flexibility index (Phi) is 7.14. The molecule has 0 aliphatic carbocycles. The van der Waals surface area contributed by atoms with Crippen LogP contribution in [0.15, 0.2) is 42.5 Å². The summed E-state index contributed by atoms with van der Waals surface area (Å²) in [7, 11) is 1.63. The highest BCUT2D eigenvalue weighted by Crippen LogP contribution is 2.29. The minimum atomic E-state index is -0.0718. The van der Waals surface area contributed by atoms with E-state index in [2.05, 4.69) is 5.32 Å². The van der Waals surface area contributed by atoms with E-state index < -0.39 is 0 Å². The highest BCUT2D eigenvalue weighted by molar-refractivity contribution is 5.92. The number of rotatable bonds is 9. The zero-order valence-corrected chi connectivity index (χ0v) is 15.0. The minimum absolute atomic E-state index is 0.0718. The number of carbonyl (C=O) groups is 1. The van der Waals surface area contributed by atoms with Crippen molar-refractivity contribution >= 4 is 11.6 Å². The quantitative estimate of drug-likeness (QED) is 0.746. The second kappa shape index (κ2) is 9.57. The number of hydrogen-bond donors (Lipinski definition) is 1. The first-order valence-electron chi connectivity index (χ1n) is 8.48. The Labute approximate surface area is 148 Å². The molecule has 0 atom stereocenters. The highest BCUT2D eigenvalue weighted by atomic mass is 16.5. The second-order valence-electron chi connectivity index (χ2n) is 5.42. The molecule has 0 bridgehead atoms. The molecular formula is C20H25NO4. The average molecular weight is 343 g/mol. The van der Waals surface area contributed by atoms with Crippen LogP contribution in [0.3, 0.4) is 0 Å². The van der Waals surface area contributed by atoms with E-state index in [4.69, 9.17) is 14.2 Å². The first-order chi connectivity index (χ1) is 12.2. The van der Waals surface area contributed by atoms with Crippen molar-refractivity contribution in [3.63, 3.8) is 0 Å². The molecule has 1 amide bonds. The minimum Gasteiger partial charge on any atom is -0.497 e. The topological polar surface area (TPSA) is 56.8 Å². The van der Waals surface area contributed by atoms with Crippen molar-refractivity contribution in [3.8, 4) is 17.2 Å². The molecule has 5 nitrogen and oxygen atoms in total. The fourth-order valence-corrected chi connectivity index (χ4v) is 2.44. The summed E-state index contributed by atoms with van der Waals surface area (Å²) < 4.78 is 16.3. The van der Waals surface area contributed by atoms with Gasteiger partial charge in [0.05, 0.1) is 26.0 Å². The predicted octanol–water partition coefficient (Wildman–Crippen LogP) is 4.06. The summed E-state index contributed by atoms with van der Waals surface area (Å²) in [6, 6.07) is 13.2. The smallest absolute Gasteiger partial charge is 0.224 e. The Balaban J connectivity index is 2.01. The summed E-state index contributed by atoms with van der Waals surface area (Å²) in [6.45, 7) is 4.92. The van der Waals surface area contributed by atoms with Gasteiger partial charge < -0.3 is 19.5 Å². The molecule has 25 heavy (non-hydrogen) atoms. The van der Waals surface area contributed by atoms with Gasteiger partial charge in [0.1, 0.15) is 17.2 Å². The molecular weight excluding hydrogens is 318 g/mol. The van der Waals surface area contributed by atoms with Crippen molar-refractivity contribution in [1.29, 1.82) is 0 Å². The Morgan fingerprint density at radius 3 is 2.52 bits per heavy atom. The van der Waals surface area contributed by atoms with Crippen LogP contribution < -0.4 is 19.5 Å². The summed E-state index contributed by atoms with van der Waals surface area (Å²) in [4.78, 5) is 12.3. The molecule has 0 saturated carbocycles. The molecule has 0 aliphatic heterocycles. The van der Waals surface area contributed by atoms with Gasteiger partial charge >= 0.3 is 0 Å². The molecule has 2 aromatic carbocycles. The van der Waals surface area contributed by atoms with Crippen LogP contribution in [0.4, 0.5) is 5.69 Å². The molecule has 5 heteroatoms. The Morgan fingerprint density at radius 1 is 1.00 bits per heavy atom. The van der Waals surface area contributed by atoms with E-state index in [-0.39, 0.29) is 5.91 Å². The van der Waals surface area contributed by atoms with Gasteiger partial charge in [-0.25, -0.2) is 0 Å². The van der Waals surface area contributed by atoms with E-state index in [1.54, 1.807) is 13.2 Å². The van der Waals surface area contributed by atoms with E-state index in [1.165, 1.54) is 0 Å². The molecule has 0 aromatic heterocycles. The van der Waals surface area contributed by atoms with E-state index in [9.17, 15) is 4.79 Å². The number of ether oxygens (including phenoxy) is 3. The molecule has 2 rings (SSSR count). The number of nitrogens with one attached hydrogen (secondary N) is 1. The van der Waals surface area contributed by atoms with Crippen molar-refractivity contribution in [2.75, 3.05) is 25.6 Å². The van der Waals surface area contributed by atoms with E-state index in [0.717, 1.165) is 11.3 Å². The fraction of sp³-hybridized carbons (Fsp3) is 0.350. The number of carbonyl (C=O) groups excluding carboxylic acids is 1. The Bertz CT molecular complexity index is 700. The van der Waals surface area contributed by atoms with Crippen LogP contribution in [0, 0.1) is 0 Å². The monoisotopic (exact) mass is 343 g/mol. The SMILES string of the molecule is CCOc1ccc(OCC)c(NC(=O)CCc2cccc(OC)c2)c1. The molecule has 134 valence electrons. The van der Waals surface area contributed by atoms with Crippen LogP contribution in [0.2, 0.25) is 0 Å². The van der Waals surface area contributed by atoms with Crippen molar-refractivity contribution < 1.29 is 19.0 Å². The maximum absolute atomic E-state index is 12.3. The van der Waals surface area contributed by atoms with Crippen LogP contribution >= 0.6 is 0 Å². The number of hydrogen-bond acceptors (Lipinski definition) is 4. The zero-order chi connectivity index (χ0) is 18.1. The predicted molar refractivity (Wildman–Crippen MR) is 98.7 cm³/mol. The highest BCUT2D eigenvalue weighted by Gasteiger charge is 2.10. The summed E-state index contributed by atoms with van der Waals surface area (Å²) in [5.74, 6) is 2.06. The Hall–Kier alpha value is -2.69. The number of amides is 1. The van der Waals surface area contributed by atoms with Gasteiger partial charge in [0, 0.05) is 12.5 Å². The molecule has 0 spiro atoms. The van der Waals surface area contributed by atoms with Gasteiger partial charge in [-0.15, -0.1) is 0 Å². The maximum Gasteiger partial charge on any atom is 0.224 e. The summed E-state index contributed by atoms with van der Waals surface area (Å²) in [6.07, 6.45) is 1.01. The lowest BCUT2D eigenvalue weighted by Crippen LogP contribution is -2.13. The zero-order valence-electron chi connectivity index (χ0n) is 15.0. The van der Waals surface area contributed by atoms with Crippen LogP contribution in [0.25, 0.3) is 0 Å². The number of anilines is 1. The van der Waals surface area contributed by atoms with E-state index >= 15 is 0 Å². The van der Waals surface area contributed by atoms with Gasteiger partial charge in [-0.1, -0.05) is 12.1 Å². The fourth-order valence-electron chi connectivity index (χ4n) is 2.44. The van der Waals surface area contributed by atoms with Crippen molar-refractivity contribution in [2.45, 2.75) is 26.7 Å². The van der Waals surface area contributed by atoms with Crippen molar-refractivity contribution in [3.05, 3.63) is 48.0 Å². The van der Waals surface area contributed by atoms with Gasteiger partial charge in [-0.2, -0.15) is 0 Å². The maximum atomic E-state index is 12.3. The van der Waals surface area contributed by atoms with Crippen LogP contribution in [-0.2, 0) is 11.2 Å². The summed E-state index contributed by atoms with van der Waals surface area (Å²) in [5, 5.41) is 2.92. The van der Waals surface area contributed by atoms with Gasteiger partial charge in [0.15, 0.2) is 0 Å². The molecule has 0 unspecified atom stereocenters. The summed E-state index contributed by atoms with van der Waals surface area (Å²) >= 11 is 0. The van der Waals surface area contributed by atoms with Crippen molar-refractivity contribution in [2.24, 2.45) is 0 Å².